The van der Waals surface area contributed by atoms with Gasteiger partial charge in [0.25, 0.3) is 5.91 Å². The first-order chi connectivity index (χ1) is 20.5. The highest BCUT2D eigenvalue weighted by atomic mass is 32.1. The van der Waals surface area contributed by atoms with E-state index in [-0.39, 0.29) is 29.0 Å². The molecule has 1 unspecified atom stereocenters. The highest BCUT2D eigenvalue weighted by molar-refractivity contribution is 7.80. The van der Waals surface area contributed by atoms with Crippen molar-refractivity contribution in [3.8, 4) is 5.75 Å². The number of hydrogen-bond acceptors (Lipinski definition) is 6. The summed E-state index contributed by atoms with van der Waals surface area (Å²) in [5.41, 5.74) is 5.04. The molecule has 13 heteroatoms. The minimum absolute atomic E-state index is 0.00562. The number of halogens is 3. The molecular weight excluding hydrogens is 583 g/mol. The number of likely N-dealkylation sites (tertiary alicyclic amines) is 1. The fraction of sp³-hybridized carbons (Fsp3) is 0.467. The molecule has 2 aromatic rings. The lowest BCUT2D eigenvalue weighted by atomic mass is 9.96. The third-order valence-electron chi connectivity index (χ3n) is 7.60. The van der Waals surface area contributed by atoms with Crippen LogP contribution in [0.3, 0.4) is 0 Å². The van der Waals surface area contributed by atoms with Crippen LogP contribution in [-0.2, 0) is 20.6 Å². The van der Waals surface area contributed by atoms with Crippen molar-refractivity contribution in [3.63, 3.8) is 0 Å². The number of carbonyl (C=O) groups excluding carboxylic acids is 3. The quantitative estimate of drug-likeness (QED) is 0.339. The van der Waals surface area contributed by atoms with Crippen molar-refractivity contribution in [2.75, 3.05) is 43.0 Å². The number of piperidine rings is 1. The molecule has 3 N–H and O–H groups in total. The second-order valence-electron chi connectivity index (χ2n) is 10.7. The van der Waals surface area contributed by atoms with Gasteiger partial charge in [0.2, 0.25) is 11.8 Å². The van der Waals surface area contributed by atoms with Gasteiger partial charge in [0, 0.05) is 18.2 Å². The Labute approximate surface area is 254 Å². The maximum atomic E-state index is 13.7. The maximum absolute atomic E-state index is 13.7. The SMILES string of the molecule is CCCOc1ccc(NC(=O)CC2C(=O)N(c3cccc(C(F)(F)F)c3)C(=S)N2CCCN2CCC(C(N)=O)CC2)cc1. The monoisotopic (exact) mass is 619 g/mol. The molecular formula is C30H36F3N5O4S. The van der Waals surface area contributed by atoms with Crippen LogP contribution in [0.1, 0.15) is 44.6 Å². The number of hydrogen-bond donors (Lipinski definition) is 2. The Hall–Kier alpha value is -3.71. The van der Waals surface area contributed by atoms with Crippen LogP contribution in [-0.4, -0.2) is 71.5 Å². The Morgan fingerprint density at radius 3 is 2.42 bits per heavy atom. The fourth-order valence-electron chi connectivity index (χ4n) is 5.29. The van der Waals surface area contributed by atoms with E-state index in [9.17, 15) is 27.6 Å². The molecule has 0 radical (unpaired) electrons. The molecule has 4 rings (SSSR count). The molecule has 2 saturated heterocycles. The molecule has 2 aliphatic heterocycles. The van der Waals surface area contributed by atoms with E-state index in [1.165, 1.54) is 12.1 Å². The van der Waals surface area contributed by atoms with Gasteiger partial charge in [0.05, 0.1) is 24.3 Å². The van der Waals surface area contributed by atoms with Gasteiger partial charge >= 0.3 is 6.18 Å². The van der Waals surface area contributed by atoms with Crippen molar-refractivity contribution >= 4 is 46.4 Å². The Balaban J connectivity index is 1.47. The normalized spacial score (nSPS) is 18.3. The fourth-order valence-corrected chi connectivity index (χ4v) is 5.71. The van der Waals surface area contributed by atoms with E-state index in [2.05, 4.69) is 10.2 Å². The molecule has 1 atom stereocenters. The Morgan fingerprint density at radius 1 is 1.09 bits per heavy atom. The van der Waals surface area contributed by atoms with Gasteiger partial charge in [-0.05, 0) is 100.0 Å². The van der Waals surface area contributed by atoms with Crippen LogP contribution in [0.4, 0.5) is 24.5 Å². The van der Waals surface area contributed by atoms with Crippen LogP contribution in [0, 0.1) is 5.92 Å². The number of anilines is 2. The van der Waals surface area contributed by atoms with Crippen molar-refractivity contribution < 1.29 is 32.3 Å². The molecule has 0 saturated carbocycles. The first-order valence-electron chi connectivity index (χ1n) is 14.3. The van der Waals surface area contributed by atoms with Crippen molar-refractivity contribution in [3.05, 3.63) is 54.1 Å². The molecule has 2 fully saturated rings. The van der Waals surface area contributed by atoms with Crippen LogP contribution < -0.4 is 20.7 Å². The predicted molar refractivity (Wildman–Crippen MR) is 160 cm³/mol. The molecule has 0 bridgehead atoms. The lowest BCUT2D eigenvalue weighted by molar-refractivity contribution is -0.137. The molecule has 2 heterocycles. The number of nitrogens with two attached hydrogens (primary N) is 1. The number of alkyl halides is 3. The Bertz CT molecular complexity index is 1320. The van der Waals surface area contributed by atoms with Gasteiger partial charge in [0.1, 0.15) is 11.8 Å². The Morgan fingerprint density at radius 2 is 1.79 bits per heavy atom. The van der Waals surface area contributed by atoms with E-state index < -0.39 is 29.6 Å². The van der Waals surface area contributed by atoms with E-state index >= 15 is 0 Å². The zero-order chi connectivity index (χ0) is 31.1. The third-order valence-corrected chi connectivity index (χ3v) is 8.02. The predicted octanol–water partition coefficient (Wildman–Crippen LogP) is 4.41. The average Bonchev–Trinajstić information content (AvgIpc) is 3.20. The number of rotatable bonds is 12. The standard InChI is InChI=1S/C30H36F3N5O4S/c1-2-17-42-24-9-7-22(8-10-24)35-26(39)19-25-28(41)38(23-6-3-5-21(18-23)30(31,32)33)29(43)37(25)14-4-13-36-15-11-20(12-16-36)27(34)40/h3,5-10,18,20,25H,2,4,11-17,19H2,1H3,(H2,34,40)(H,35,39). The van der Waals surface area contributed by atoms with Crippen molar-refractivity contribution in [1.29, 1.82) is 0 Å². The summed E-state index contributed by atoms with van der Waals surface area (Å²) in [5.74, 6) is -0.767. The summed E-state index contributed by atoms with van der Waals surface area (Å²) < 4.78 is 45.9. The average molecular weight is 620 g/mol. The second kappa shape index (κ2) is 14.2. The summed E-state index contributed by atoms with van der Waals surface area (Å²) in [5, 5.41) is 2.83. The van der Waals surface area contributed by atoms with E-state index in [0.717, 1.165) is 23.5 Å². The zero-order valence-electron chi connectivity index (χ0n) is 23.9. The van der Waals surface area contributed by atoms with Crippen molar-refractivity contribution in [2.45, 2.75) is 51.2 Å². The number of carbonyl (C=O) groups is 3. The molecule has 43 heavy (non-hydrogen) atoms. The molecule has 2 aliphatic rings. The largest absolute Gasteiger partial charge is 0.494 e. The van der Waals surface area contributed by atoms with E-state index in [1.54, 1.807) is 29.2 Å². The summed E-state index contributed by atoms with van der Waals surface area (Å²) in [4.78, 5) is 43.1. The van der Waals surface area contributed by atoms with Gasteiger partial charge in [-0.1, -0.05) is 13.0 Å². The summed E-state index contributed by atoms with van der Waals surface area (Å²) in [6.45, 7) is 4.96. The van der Waals surface area contributed by atoms with Gasteiger partial charge in [-0.2, -0.15) is 13.2 Å². The molecule has 9 nitrogen and oxygen atoms in total. The smallest absolute Gasteiger partial charge is 0.416 e. The third kappa shape index (κ3) is 8.23. The number of primary amides is 1. The van der Waals surface area contributed by atoms with Gasteiger partial charge < -0.3 is 25.6 Å². The molecule has 0 aromatic heterocycles. The maximum Gasteiger partial charge on any atom is 0.416 e. The molecule has 232 valence electrons. The van der Waals surface area contributed by atoms with E-state index in [1.807, 2.05) is 6.92 Å². The van der Waals surface area contributed by atoms with E-state index in [0.29, 0.717) is 63.5 Å². The number of thiocarbonyl (C=S) groups is 1. The number of nitrogens with one attached hydrogen (secondary N) is 1. The first-order valence-corrected chi connectivity index (χ1v) is 14.7. The molecule has 3 amide bonds. The summed E-state index contributed by atoms with van der Waals surface area (Å²) in [6.07, 6.45) is -2.05. The van der Waals surface area contributed by atoms with E-state index in [4.69, 9.17) is 22.7 Å². The summed E-state index contributed by atoms with van der Waals surface area (Å²) in [6, 6.07) is 10.3. The van der Waals surface area contributed by atoms with Gasteiger partial charge in [-0.25, -0.2) is 0 Å². The second-order valence-corrected chi connectivity index (χ2v) is 11.1. The minimum Gasteiger partial charge on any atom is -0.494 e. The van der Waals surface area contributed by atoms with Crippen LogP contribution in [0.2, 0.25) is 0 Å². The Kier molecular flexibility index (Phi) is 10.6. The molecule has 0 spiro atoms. The first kappa shape index (κ1) is 32.2. The van der Waals surface area contributed by atoms with Crippen molar-refractivity contribution in [1.82, 2.24) is 9.80 Å². The highest BCUT2D eigenvalue weighted by Crippen LogP contribution is 2.34. The van der Waals surface area contributed by atoms with Gasteiger partial charge in [-0.3, -0.25) is 19.3 Å². The lowest BCUT2D eigenvalue weighted by Crippen LogP contribution is -2.41. The van der Waals surface area contributed by atoms with Gasteiger partial charge in [-0.15, -0.1) is 0 Å². The minimum atomic E-state index is -4.60. The topological polar surface area (TPSA) is 108 Å². The van der Waals surface area contributed by atoms with Crippen LogP contribution in [0.25, 0.3) is 0 Å². The number of ether oxygens (including phenoxy) is 1. The highest BCUT2D eigenvalue weighted by Gasteiger charge is 2.44. The summed E-state index contributed by atoms with van der Waals surface area (Å²) >= 11 is 5.62. The van der Waals surface area contributed by atoms with Gasteiger partial charge in [0.15, 0.2) is 5.11 Å². The lowest BCUT2D eigenvalue weighted by Gasteiger charge is -2.31. The molecule has 2 aromatic carbocycles. The van der Waals surface area contributed by atoms with Crippen LogP contribution >= 0.6 is 12.2 Å². The van der Waals surface area contributed by atoms with Crippen molar-refractivity contribution in [2.24, 2.45) is 11.7 Å². The number of amides is 3. The number of nitrogens with zero attached hydrogens (tertiary/aromatic N) is 3. The summed E-state index contributed by atoms with van der Waals surface area (Å²) in [7, 11) is 0. The zero-order valence-corrected chi connectivity index (χ0v) is 24.8. The van der Waals surface area contributed by atoms with Crippen LogP contribution in [0.5, 0.6) is 5.75 Å². The molecule has 0 aliphatic carbocycles. The van der Waals surface area contributed by atoms with Crippen LogP contribution in [0.15, 0.2) is 48.5 Å². The number of benzene rings is 2.